The van der Waals surface area contributed by atoms with E-state index in [-0.39, 0.29) is 4.75 Å². The number of nitrogen functional groups attached to an aromatic ring is 1. The smallest absolute Gasteiger partial charge is 0.180 e. The van der Waals surface area contributed by atoms with Gasteiger partial charge < -0.3 is 5.73 Å². The molecule has 1 aromatic rings. The molecule has 0 saturated carbocycles. The number of ketones is 1. The van der Waals surface area contributed by atoms with E-state index in [2.05, 4.69) is 13.8 Å². The Labute approximate surface area is 120 Å². The van der Waals surface area contributed by atoms with Gasteiger partial charge in [-0.1, -0.05) is 51.7 Å². The summed E-state index contributed by atoms with van der Waals surface area (Å²) >= 11 is 1.72. The second kappa shape index (κ2) is 6.00. The lowest BCUT2D eigenvalue weighted by Gasteiger charge is -2.26. The van der Waals surface area contributed by atoms with Gasteiger partial charge in [0.05, 0.1) is 4.75 Å². The van der Waals surface area contributed by atoms with Crippen LogP contribution in [0.2, 0.25) is 0 Å². The molecule has 2 nitrogen and oxygen atoms in total. The number of hydrogen-bond acceptors (Lipinski definition) is 3. The molecule has 0 saturated heterocycles. The van der Waals surface area contributed by atoms with E-state index in [9.17, 15) is 4.79 Å². The fourth-order valence-electron chi connectivity index (χ4n) is 2.71. The highest BCUT2D eigenvalue weighted by atomic mass is 32.2. The Hall–Kier alpha value is -0.960. The fraction of sp³-hybridized carbons (Fsp3) is 0.562. The lowest BCUT2D eigenvalue weighted by Crippen LogP contribution is -2.31. The molecule has 0 fully saturated rings. The van der Waals surface area contributed by atoms with Gasteiger partial charge in [0.25, 0.3) is 0 Å². The number of carbonyl (C=O) groups excluding carboxylic acids is 1. The van der Waals surface area contributed by atoms with Gasteiger partial charge in [-0.15, -0.1) is 11.8 Å². The van der Waals surface area contributed by atoms with Crippen molar-refractivity contribution in [3.8, 4) is 0 Å². The number of fused-ring (bicyclic) bond motifs is 1. The van der Waals surface area contributed by atoms with Crippen molar-refractivity contribution in [1.82, 2.24) is 0 Å². The predicted molar refractivity (Wildman–Crippen MR) is 82.8 cm³/mol. The van der Waals surface area contributed by atoms with Gasteiger partial charge >= 0.3 is 0 Å². The van der Waals surface area contributed by atoms with E-state index in [0.717, 1.165) is 54.7 Å². The number of anilines is 1. The number of rotatable bonds is 6. The SMILES string of the molecule is CCCCC1(CCCC)Sc2c(N)cccc2C1=O. The van der Waals surface area contributed by atoms with Crippen LogP contribution in [-0.4, -0.2) is 10.5 Å². The Morgan fingerprint density at radius 3 is 2.32 bits per heavy atom. The molecule has 1 aliphatic rings. The standard InChI is InChI=1S/C16H23NOS/c1-3-5-10-16(11-6-4-2)15(18)12-8-7-9-13(17)14(12)19-16/h7-9H,3-6,10-11,17H2,1-2H3. The molecule has 0 radical (unpaired) electrons. The number of nitrogens with two attached hydrogens (primary N) is 1. The fourth-order valence-corrected chi connectivity index (χ4v) is 4.26. The van der Waals surface area contributed by atoms with E-state index >= 15 is 0 Å². The molecule has 0 spiro atoms. The number of Topliss-reactive ketones (excluding diaryl/α,β-unsaturated/α-hetero) is 1. The molecule has 0 amide bonds. The molecule has 2 N–H and O–H groups in total. The summed E-state index contributed by atoms with van der Waals surface area (Å²) in [6, 6.07) is 5.72. The third kappa shape index (κ3) is 2.66. The molecule has 0 unspecified atom stereocenters. The molecule has 0 bridgehead atoms. The predicted octanol–water partition coefficient (Wildman–Crippen LogP) is 4.68. The first-order valence-corrected chi connectivity index (χ1v) is 8.08. The average Bonchev–Trinajstić information content (AvgIpc) is 2.70. The first-order chi connectivity index (χ1) is 9.14. The monoisotopic (exact) mass is 277 g/mol. The van der Waals surface area contributed by atoms with Crippen molar-refractivity contribution in [3.05, 3.63) is 23.8 Å². The maximum Gasteiger partial charge on any atom is 0.180 e. The normalized spacial score (nSPS) is 16.6. The summed E-state index contributed by atoms with van der Waals surface area (Å²) in [5, 5.41) is 0. The molecule has 1 aromatic carbocycles. The molecular formula is C16H23NOS. The molecule has 0 aliphatic carbocycles. The molecule has 104 valence electrons. The summed E-state index contributed by atoms with van der Waals surface area (Å²) in [4.78, 5) is 13.8. The van der Waals surface area contributed by atoms with E-state index in [0.29, 0.717) is 5.78 Å². The molecule has 1 heterocycles. The summed E-state index contributed by atoms with van der Waals surface area (Å²) in [6.45, 7) is 4.36. The molecule has 3 heteroatoms. The summed E-state index contributed by atoms with van der Waals surface area (Å²) in [6.07, 6.45) is 6.43. The second-order valence-electron chi connectivity index (χ2n) is 5.36. The number of unbranched alkanes of at least 4 members (excludes halogenated alkanes) is 2. The van der Waals surface area contributed by atoms with Crippen molar-refractivity contribution in [3.63, 3.8) is 0 Å². The quantitative estimate of drug-likeness (QED) is 0.768. The maximum absolute atomic E-state index is 12.8. The molecule has 1 aliphatic heterocycles. The Balaban J connectivity index is 2.31. The van der Waals surface area contributed by atoms with Gasteiger partial charge in [0.1, 0.15) is 0 Å². The molecular weight excluding hydrogens is 254 g/mol. The number of hydrogen-bond donors (Lipinski definition) is 1. The van der Waals surface area contributed by atoms with Gasteiger partial charge in [-0.3, -0.25) is 4.79 Å². The number of thioether (sulfide) groups is 1. The van der Waals surface area contributed by atoms with Crippen LogP contribution in [0.5, 0.6) is 0 Å². The van der Waals surface area contributed by atoms with Crippen LogP contribution in [0.3, 0.4) is 0 Å². The van der Waals surface area contributed by atoms with Crippen molar-refractivity contribution >= 4 is 23.2 Å². The molecule has 0 aromatic heterocycles. The topological polar surface area (TPSA) is 43.1 Å². The van der Waals surface area contributed by atoms with E-state index < -0.39 is 0 Å². The third-order valence-corrected chi connectivity index (χ3v) is 5.51. The van der Waals surface area contributed by atoms with Crippen LogP contribution in [0.15, 0.2) is 23.1 Å². The minimum absolute atomic E-state index is 0.246. The van der Waals surface area contributed by atoms with Crippen LogP contribution in [-0.2, 0) is 0 Å². The highest BCUT2D eigenvalue weighted by Gasteiger charge is 2.45. The second-order valence-corrected chi connectivity index (χ2v) is 6.75. The zero-order valence-electron chi connectivity index (χ0n) is 11.9. The van der Waals surface area contributed by atoms with E-state index in [4.69, 9.17) is 5.73 Å². The third-order valence-electron chi connectivity index (χ3n) is 3.87. The number of benzene rings is 1. The van der Waals surface area contributed by atoms with Gasteiger partial charge in [-0.2, -0.15) is 0 Å². The van der Waals surface area contributed by atoms with E-state index in [1.165, 1.54) is 0 Å². The van der Waals surface area contributed by atoms with Crippen molar-refractivity contribution in [1.29, 1.82) is 0 Å². The Bertz CT molecular complexity index is 462. The Morgan fingerprint density at radius 1 is 1.16 bits per heavy atom. The van der Waals surface area contributed by atoms with E-state index in [1.807, 2.05) is 18.2 Å². The van der Waals surface area contributed by atoms with Crippen LogP contribution in [0.1, 0.15) is 62.7 Å². The van der Waals surface area contributed by atoms with Crippen LogP contribution >= 0.6 is 11.8 Å². The molecule has 2 rings (SSSR count). The lowest BCUT2D eigenvalue weighted by atomic mass is 9.88. The summed E-state index contributed by atoms with van der Waals surface area (Å²) in [7, 11) is 0. The first kappa shape index (κ1) is 14.4. The molecule has 0 atom stereocenters. The van der Waals surface area contributed by atoms with Crippen molar-refractivity contribution < 1.29 is 4.79 Å². The van der Waals surface area contributed by atoms with E-state index in [1.54, 1.807) is 11.8 Å². The van der Waals surface area contributed by atoms with Gasteiger partial charge in [0, 0.05) is 16.1 Å². The largest absolute Gasteiger partial charge is 0.398 e. The van der Waals surface area contributed by atoms with Crippen molar-refractivity contribution in [2.75, 3.05) is 5.73 Å². The maximum atomic E-state index is 12.8. The summed E-state index contributed by atoms with van der Waals surface area (Å²) in [5.41, 5.74) is 7.64. The highest BCUT2D eigenvalue weighted by molar-refractivity contribution is 8.02. The van der Waals surface area contributed by atoms with Crippen LogP contribution in [0, 0.1) is 0 Å². The van der Waals surface area contributed by atoms with Gasteiger partial charge in [0.15, 0.2) is 5.78 Å². The lowest BCUT2D eigenvalue weighted by molar-refractivity contribution is 0.0933. The Kier molecular flexibility index (Phi) is 4.56. The highest BCUT2D eigenvalue weighted by Crippen LogP contribution is 2.52. The average molecular weight is 277 g/mol. The van der Waals surface area contributed by atoms with Crippen molar-refractivity contribution in [2.45, 2.75) is 62.0 Å². The van der Waals surface area contributed by atoms with Gasteiger partial charge in [-0.25, -0.2) is 0 Å². The number of carbonyl (C=O) groups is 1. The minimum Gasteiger partial charge on any atom is -0.398 e. The van der Waals surface area contributed by atoms with Gasteiger partial charge in [0.2, 0.25) is 0 Å². The summed E-state index contributed by atoms with van der Waals surface area (Å²) < 4.78 is -0.246. The summed E-state index contributed by atoms with van der Waals surface area (Å²) in [5.74, 6) is 0.307. The zero-order chi connectivity index (χ0) is 13.9. The van der Waals surface area contributed by atoms with Crippen LogP contribution < -0.4 is 5.73 Å². The molecule has 19 heavy (non-hydrogen) atoms. The van der Waals surface area contributed by atoms with Crippen molar-refractivity contribution in [2.24, 2.45) is 0 Å². The van der Waals surface area contributed by atoms with Crippen LogP contribution in [0.25, 0.3) is 0 Å². The Morgan fingerprint density at radius 2 is 1.79 bits per heavy atom. The van der Waals surface area contributed by atoms with Gasteiger partial charge in [-0.05, 0) is 18.9 Å². The minimum atomic E-state index is -0.246. The first-order valence-electron chi connectivity index (χ1n) is 7.27. The van der Waals surface area contributed by atoms with Crippen LogP contribution in [0.4, 0.5) is 5.69 Å². The zero-order valence-corrected chi connectivity index (χ0v) is 12.7.